The number of rotatable bonds is 7. The van der Waals surface area contributed by atoms with E-state index in [2.05, 4.69) is 24.7 Å². The van der Waals surface area contributed by atoms with Gasteiger partial charge in [0.15, 0.2) is 6.61 Å². The van der Waals surface area contributed by atoms with E-state index in [0.29, 0.717) is 11.7 Å². The quantitative estimate of drug-likeness (QED) is 0.750. The Labute approximate surface area is 154 Å². The van der Waals surface area contributed by atoms with Crippen molar-refractivity contribution < 1.29 is 14.3 Å². The van der Waals surface area contributed by atoms with Gasteiger partial charge in [-0.3, -0.25) is 20.4 Å². The maximum atomic E-state index is 12.2. The van der Waals surface area contributed by atoms with E-state index in [1.807, 2.05) is 42.5 Å². The van der Waals surface area contributed by atoms with Crippen LogP contribution in [0.4, 0.5) is 0 Å². The van der Waals surface area contributed by atoms with Crippen LogP contribution in [-0.4, -0.2) is 18.4 Å². The maximum Gasteiger partial charge on any atom is 0.276 e. The van der Waals surface area contributed by atoms with Crippen LogP contribution >= 0.6 is 0 Å². The molecule has 0 fully saturated rings. The Bertz CT molecular complexity index is 712. The zero-order chi connectivity index (χ0) is 18.9. The molecule has 5 heteroatoms. The molecular formula is C21H26N2O3. The molecule has 2 N–H and O–H groups in total. The molecular weight excluding hydrogens is 328 g/mol. The molecule has 2 aromatic rings. The van der Waals surface area contributed by atoms with Crippen LogP contribution in [0.5, 0.6) is 5.75 Å². The monoisotopic (exact) mass is 354 g/mol. The SMILES string of the molecule is CC(C)Cc1ccc(C(C)C(=O)NNC(=O)COc2ccccc2)cc1. The third kappa shape index (κ3) is 6.24. The summed E-state index contributed by atoms with van der Waals surface area (Å²) in [4.78, 5) is 24.0. The van der Waals surface area contributed by atoms with Crippen LogP contribution in [0.1, 0.15) is 37.8 Å². The van der Waals surface area contributed by atoms with Crippen molar-refractivity contribution in [2.75, 3.05) is 6.61 Å². The van der Waals surface area contributed by atoms with Gasteiger partial charge in [0.1, 0.15) is 5.75 Å². The van der Waals surface area contributed by atoms with Gasteiger partial charge >= 0.3 is 0 Å². The van der Waals surface area contributed by atoms with Gasteiger partial charge in [0.05, 0.1) is 5.92 Å². The second kappa shape index (κ2) is 9.61. The van der Waals surface area contributed by atoms with Gasteiger partial charge < -0.3 is 4.74 Å². The Morgan fingerprint density at radius 3 is 2.19 bits per heavy atom. The van der Waals surface area contributed by atoms with Crippen LogP contribution in [0.2, 0.25) is 0 Å². The number of hydrogen-bond acceptors (Lipinski definition) is 3. The minimum Gasteiger partial charge on any atom is -0.484 e. The van der Waals surface area contributed by atoms with Gasteiger partial charge in [0, 0.05) is 0 Å². The summed E-state index contributed by atoms with van der Waals surface area (Å²) in [7, 11) is 0. The summed E-state index contributed by atoms with van der Waals surface area (Å²) >= 11 is 0. The van der Waals surface area contributed by atoms with Crippen molar-refractivity contribution >= 4 is 11.8 Å². The van der Waals surface area contributed by atoms with Gasteiger partial charge in [0.25, 0.3) is 5.91 Å². The average molecular weight is 354 g/mol. The van der Waals surface area contributed by atoms with Crippen molar-refractivity contribution in [1.82, 2.24) is 10.9 Å². The maximum absolute atomic E-state index is 12.2. The molecule has 0 aliphatic heterocycles. The predicted octanol–water partition coefficient (Wildman–Crippen LogP) is 3.22. The zero-order valence-corrected chi connectivity index (χ0v) is 15.5. The fourth-order valence-corrected chi connectivity index (χ4v) is 2.51. The molecule has 0 radical (unpaired) electrons. The van der Waals surface area contributed by atoms with Gasteiger partial charge in [-0.05, 0) is 42.5 Å². The van der Waals surface area contributed by atoms with Crippen LogP contribution in [0, 0.1) is 5.92 Å². The van der Waals surface area contributed by atoms with Gasteiger partial charge in [0.2, 0.25) is 5.91 Å². The lowest BCUT2D eigenvalue weighted by molar-refractivity contribution is -0.130. The Morgan fingerprint density at radius 1 is 0.923 bits per heavy atom. The number of carbonyl (C=O) groups excluding carboxylic acids is 2. The third-order valence-corrected chi connectivity index (χ3v) is 3.96. The molecule has 0 aliphatic rings. The molecule has 0 saturated heterocycles. The van der Waals surface area contributed by atoms with Crippen molar-refractivity contribution in [2.24, 2.45) is 5.92 Å². The van der Waals surface area contributed by atoms with Crippen molar-refractivity contribution in [3.8, 4) is 5.75 Å². The second-order valence-electron chi connectivity index (χ2n) is 6.70. The summed E-state index contributed by atoms with van der Waals surface area (Å²) in [5.41, 5.74) is 6.98. The highest BCUT2D eigenvalue weighted by Crippen LogP contribution is 2.17. The van der Waals surface area contributed by atoms with Gasteiger partial charge in [-0.25, -0.2) is 0 Å². The molecule has 138 valence electrons. The van der Waals surface area contributed by atoms with Crippen LogP contribution in [-0.2, 0) is 16.0 Å². The number of nitrogens with one attached hydrogen (secondary N) is 2. The van der Waals surface area contributed by atoms with Crippen LogP contribution in [0.15, 0.2) is 54.6 Å². The molecule has 0 heterocycles. The topological polar surface area (TPSA) is 67.4 Å². The lowest BCUT2D eigenvalue weighted by Crippen LogP contribution is -2.45. The smallest absolute Gasteiger partial charge is 0.276 e. The molecule has 2 rings (SSSR count). The van der Waals surface area contributed by atoms with E-state index in [4.69, 9.17) is 4.74 Å². The Hall–Kier alpha value is -2.82. The first-order valence-electron chi connectivity index (χ1n) is 8.81. The average Bonchev–Trinajstić information content (AvgIpc) is 2.65. The highest BCUT2D eigenvalue weighted by atomic mass is 16.5. The molecule has 0 aromatic heterocycles. The van der Waals surface area contributed by atoms with Gasteiger partial charge in [-0.1, -0.05) is 56.3 Å². The Morgan fingerprint density at radius 2 is 1.58 bits per heavy atom. The first kappa shape index (κ1) is 19.5. The zero-order valence-electron chi connectivity index (χ0n) is 15.5. The standard InChI is InChI=1S/C21H26N2O3/c1-15(2)13-17-9-11-18(12-10-17)16(3)21(25)23-22-20(24)14-26-19-7-5-4-6-8-19/h4-12,15-16H,13-14H2,1-3H3,(H,22,24)(H,23,25). The van der Waals surface area contributed by atoms with Gasteiger partial charge in [-0.15, -0.1) is 0 Å². The number of benzene rings is 2. The number of hydrazine groups is 1. The number of hydrogen-bond donors (Lipinski definition) is 2. The fourth-order valence-electron chi connectivity index (χ4n) is 2.51. The summed E-state index contributed by atoms with van der Waals surface area (Å²) in [5, 5.41) is 0. The lowest BCUT2D eigenvalue weighted by Gasteiger charge is -2.14. The van der Waals surface area contributed by atoms with E-state index in [-0.39, 0.29) is 18.4 Å². The first-order valence-corrected chi connectivity index (χ1v) is 8.81. The minimum atomic E-state index is -0.415. The molecule has 0 saturated carbocycles. The summed E-state index contributed by atoms with van der Waals surface area (Å²) < 4.78 is 5.33. The Kier molecular flexibility index (Phi) is 7.21. The number of ether oxygens (including phenoxy) is 1. The normalized spacial score (nSPS) is 11.7. The largest absolute Gasteiger partial charge is 0.484 e. The second-order valence-corrected chi connectivity index (χ2v) is 6.70. The fraction of sp³-hybridized carbons (Fsp3) is 0.333. The summed E-state index contributed by atoms with van der Waals surface area (Å²) in [6, 6.07) is 17.0. The van der Waals surface area contributed by atoms with Crippen molar-refractivity contribution in [1.29, 1.82) is 0 Å². The lowest BCUT2D eigenvalue weighted by atomic mass is 9.96. The van der Waals surface area contributed by atoms with Crippen molar-refractivity contribution in [2.45, 2.75) is 33.1 Å². The molecule has 26 heavy (non-hydrogen) atoms. The van der Waals surface area contributed by atoms with E-state index in [9.17, 15) is 9.59 Å². The third-order valence-electron chi connectivity index (χ3n) is 3.96. The van der Waals surface area contributed by atoms with E-state index in [1.54, 1.807) is 19.1 Å². The van der Waals surface area contributed by atoms with Crippen LogP contribution in [0.3, 0.4) is 0 Å². The van der Waals surface area contributed by atoms with Crippen LogP contribution < -0.4 is 15.6 Å². The molecule has 0 bridgehead atoms. The van der Waals surface area contributed by atoms with E-state index in [1.165, 1.54) is 5.56 Å². The molecule has 2 amide bonds. The molecule has 2 aromatic carbocycles. The van der Waals surface area contributed by atoms with Crippen LogP contribution in [0.25, 0.3) is 0 Å². The van der Waals surface area contributed by atoms with Crippen molar-refractivity contribution in [3.63, 3.8) is 0 Å². The summed E-state index contributed by atoms with van der Waals surface area (Å²) in [5.74, 6) is 0.147. The number of amides is 2. The molecule has 0 spiro atoms. The number of carbonyl (C=O) groups is 2. The summed E-state index contributed by atoms with van der Waals surface area (Å²) in [6.45, 7) is 5.99. The first-order chi connectivity index (χ1) is 12.5. The van der Waals surface area contributed by atoms with E-state index in [0.717, 1.165) is 12.0 Å². The number of para-hydroxylation sites is 1. The van der Waals surface area contributed by atoms with Gasteiger partial charge in [-0.2, -0.15) is 0 Å². The van der Waals surface area contributed by atoms with Crippen molar-refractivity contribution in [3.05, 3.63) is 65.7 Å². The highest BCUT2D eigenvalue weighted by Gasteiger charge is 2.16. The highest BCUT2D eigenvalue weighted by molar-refractivity contribution is 5.86. The van der Waals surface area contributed by atoms with E-state index >= 15 is 0 Å². The molecule has 5 nitrogen and oxygen atoms in total. The predicted molar refractivity (Wildman–Crippen MR) is 102 cm³/mol. The summed E-state index contributed by atoms with van der Waals surface area (Å²) in [6.07, 6.45) is 1.01. The molecule has 0 aliphatic carbocycles. The molecule has 1 atom stereocenters. The Balaban J connectivity index is 1.78. The minimum absolute atomic E-state index is 0.164. The molecule has 1 unspecified atom stereocenters. The van der Waals surface area contributed by atoms with E-state index < -0.39 is 5.91 Å².